The molecule has 0 saturated heterocycles. The van der Waals surface area contributed by atoms with Crippen LogP contribution < -0.4 is 9.80 Å². The number of nitrogens with zero attached hydrogens (tertiary/aromatic N) is 2. The Labute approximate surface area is 160 Å². The molecule has 0 radical (unpaired) electrons. The molecule has 0 aliphatic carbocycles. The van der Waals surface area contributed by atoms with Crippen molar-refractivity contribution >= 4 is 23.3 Å². The van der Waals surface area contributed by atoms with Crippen molar-refractivity contribution < 1.29 is 14.3 Å². The molecule has 3 rings (SSSR count). The maximum Gasteiger partial charge on any atom is 0.337 e. The molecule has 5 heteroatoms. The Balaban J connectivity index is 1.81. The second kappa shape index (κ2) is 7.82. The van der Waals surface area contributed by atoms with E-state index in [1.807, 2.05) is 36.4 Å². The van der Waals surface area contributed by atoms with Crippen molar-refractivity contribution in [2.24, 2.45) is 0 Å². The van der Waals surface area contributed by atoms with Crippen molar-refractivity contribution in [2.75, 3.05) is 30.0 Å². The SMILES string of the molecule is CCN(c1ccc(C(=O)N2CCc3cc(C(=O)OC)ccc32)cc1)C(C)C. The van der Waals surface area contributed by atoms with Crippen LogP contribution in [0.3, 0.4) is 0 Å². The Kier molecular flexibility index (Phi) is 5.49. The lowest BCUT2D eigenvalue weighted by atomic mass is 10.1. The van der Waals surface area contributed by atoms with Gasteiger partial charge >= 0.3 is 5.97 Å². The fourth-order valence-electron chi connectivity index (χ4n) is 3.65. The van der Waals surface area contributed by atoms with Crippen molar-refractivity contribution in [3.63, 3.8) is 0 Å². The number of ether oxygens (including phenoxy) is 1. The Morgan fingerprint density at radius 1 is 1.11 bits per heavy atom. The predicted molar refractivity (Wildman–Crippen MR) is 108 cm³/mol. The lowest BCUT2D eigenvalue weighted by Crippen LogP contribution is -2.31. The minimum atomic E-state index is -0.358. The first kappa shape index (κ1) is 19.0. The van der Waals surface area contributed by atoms with Crippen LogP contribution in [0.1, 0.15) is 47.1 Å². The van der Waals surface area contributed by atoms with Crippen LogP contribution in [0.4, 0.5) is 11.4 Å². The first-order chi connectivity index (χ1) is 13.0. The first-order valence-electron chi connectivity index (χ1n) is 9.36. The fourth-order valence-corrected chi connectivity index (χ4v) is 3.65. The second-order valence-corrected chi connectivity index (χ2v) is 6.97. The van der Waals surface area contributed by atoms with Crippen LogP contribution in [0.5, 0.6) is 0 Å². The third-order valence-corrected chi connectivity index (χ3v) is 5.05. The molecule has 1 aliphatic heterocycles. The zero-order valence-electron chi connectivity index (χ0n) is 16.4. The molecular weight excluding hydrogens is 340 g/mol. The van der Waals surface area contributed by atoms with Gasteiger partial charge in [0.15, 0.2) is 0 Å². The lowest BCUT2D eigenvalue weighted by Gasteiger charge is -2.27. The molecule has 0 spiro atoms. The molecular formula is C22H26N2O3. The van der Waals surface area contributed by atoms with Crippen LogP contribution in [0, 0.1) is 0 Å². The van der Waals surface area contributed by atoms with Crippen molar-refractivity contribution in [2.45, 2.75) is 33.2 Å². The molecule has 2 aromatic rings. The van der Waals surface area contributed by atoms with E-state index >= 15 is 0 Å². The molecule has 1 amide bonds. The number of methoxy groups -OCH3 is 1. The number of carbonyl (C=O) groups excluding carboxylic acids is 2. The Bertz CT molecular complexity index is 843. The summed E-state index contributed by atoms with van der Waals surface area (Å²) < 4.78 is 4.77. The molecule has 0 unspecified atom stereocenters. The molecule has 0 atom stereocenters. The average molecular weight is 366 g/mol. The van der Waals surface area contributed by atoms with Gasteiger partial charge in [-0.15, -0.1) is 0 Å². The van der Waals surface area contributed by atoms with Crippen LogP contribution in [-0.2, 0) is 11.2 Å². The Morgan fingerprint density at radius 2 is 1.78 bits per heavy atom. The van der Waals surface area contributed by atoms with Gasteiger partial charge < -0.3 is 14.5 Å². The highest BCUT2D eigenvalue weighted by Gasteiger charge is 2.26. The average Bonchev–Trinajstić information content (AvgIpc) is 3.10. The van der Waals surface area contributed by atoms with E-state index in [1.165, 1.54) is 7.11 Å². The number of carbonyl (C=O) groups is 2. The molecule has 0 N–H and O–H groups in total. The van der Waals surface area contributed by atoms with Gasteiger partial charge in [-0.3, -0.25) is 4.79 Å². The van der Waals surface area contributed by atoms with E-state index in [0.29, 0.717) is 23.7 Å². The minimum Gasteiger partial charge on any atom is -0.465 e. The number of anilines is 2. The molecule has 0 saturated carbocycles. The fraction of sp³-hybridized carbons (Fsp3) is 0.364. The topological polar surface area (TPSA) is 49.9 Å². The van der Waals surface area contributed by atoms with Crippen molar-refractivity contribution in [1.82, 2.24) is 0 Å². The molecule has 5 nitrogen and oxygen atoms in total. The summed E-state index contributed by atoms with van der Waals surface area (Å²) in [4.78, 5) is 28.8. The quantitative estimate of drug-likeness (QED) is 0.753. The van der Waals surface area contributed by atoms with Gasteiger partial charge in [-0.1, -0.05) is 0 Å². The summed E-state index contributed by atoms with van der Waals surface area (Å²) in [6.07, 6.45) is 0.737. The zero-order valence-corrected chi connectivity index (χ0v) is 16.4. The van der Waals surface area contributed by atoms with Gasteiger partial charge in [0.2, 0.25) is 0 Å². The number of rotatable bonds is 5. The smallest absolute Gasteiger partial charge is 0.337 e. The van der Waals surface area contributed by atoms with E-state index in [2.05, 4.69) is 25.7 Å². The summed E-state index contributed by atoms with van der Waals surface area (Å²) in [6.45, 7) is 7.99. The second-order valence-electron chi connectivity index (χ2n) is 6.97. The number of fused-ring (bicyclic) bond motifs is 1. The van der Waals surface area contributed by atoms with Crippen LogP contribution >= 0.6 is 0 Å². The third-order valence-electron chi connectivity index (χ3n) is 5.05. The van der Waals surface area contributed by atoms with Crippen LogP contribution in [-0.4, -0.2) is 38.1 Å². The summed E-state index contributed by atoms with van der Waals surface area (Å²) in [6, 6.07) is 13.6. The summed E-state index contributed by atoms with van der Waals surface area (Å²) in [5, 5.41) is 0. The maximum absolute atomic E-state index is 13.0. The van der Waals surface area contributed by atoms with Crippen LogP contribution in [0.2, 0.25) is 0 Å². The zero-order chi connectivity index (χ0) is 19.6. The van der Waals surface area contributed by atoms with Crippen LogP contribution in [0.25, 0.3) is 0 Å². The van der Waals surface area contributed by atoms with Gasteiger partial charge in [-0.2, -0.15) is 0 Å². The molecule has 1 aliphatic rings. The minimum absolute atomic E-state index is 0.0151. The Hall–Kier alpha value is -2.82. The summed E-state index contributed by atoms with van der Waals surface area (Å²) in [5.41, 5.74) is 4.18. The first-order valence-corrected chi connectivity index (χ1v) is 9.36. The molecule has 0 aromatic heterocycles. The highest BCUT2D eigenvalue weighted by molar-refractivity contribution is 6.07. The molecule has 27 heavy (non-hydrogen) atoms. The van der Waals surface area contributed by atoms with Gasteiger partial charge in [0.05, 0.1) is 12.7 Å². The summed E-state index contributed by atoms with van der Waals surface area (Å²) in [5.74, 6) is -0.373. The Morgan fingerprint density at radius 3 is 2.37 bits per heavy atom. The normalized spacial score (nSPS) is 12.9. The predicted octanol–water partition coefficient (Wildman–Crippen LogP) is 3.91. The summed E-state index contributed by atoms with van der Waals surface area (Å²) >= 11 is 0. The molecule has 1 heterocycles. The highest BCUT2D eigenvalue weighted by atomic mass is 16.5. The molecule has 2 aromatic carbocycles. The number of benzene rings is 2. The van der Waals surface area contributed by atoms with E-state index in [4.69, 9.17) is 4.74 Å². The third kappa shape index (κ3) is 3.68. The van der Waals surface area contributed by atoms with Gasteiger partial charge in [-0.25, -0.2) is 4.79 Å². The lowest BCUT2D eigenvalue weighted by molar-refractivity contribution is 0.0600. The largest absolute Gasteiger partial charge is 0.465 e. The van der Waals surface area contributed by atoms with Crippen LogP contribution in [0.15, 0.2) is 42.5 Å². The van der Waals surface area contributed by atoms with E-state index in [1.54, 1.807) is 11.0 Å². The van der Waals surface area contributed by atoms with Crippen molar-refractivity contribution in [3.05, 3.63) is 59.2 Å². The van der Waals surface area contributed by atoms with Gasteiger partial charge in [0.25, 0.3) is 5.91 Å². The summed E-state index contributed by atoms with van der Waals surface area (Å²) in [7, 11) is 1.37. The number of hydrogen-bond acceptors (Lipinski definition) is 4. The highest BCUT2D eigenvalue weighted by Crippen LogP contribution is 2.31. The molecule has 142 valence electrons. The standard InChI is InChI=1S/C22H26N2O3/c1-5-23(15(2)3)19-9-6-16(7-10-19)21(25)24-13-12-17-14-18(22(26)27-4)8-11-20(17)24/h6-11,14-15H,5,12-13H2,1-4H3. The van der Waals surface area contributed by atoms with E-state index in [9.17, 15) is 9.59 Å². The van der Waals surface area contributed by atoms with Gasteiger partial charge in [0.1, 0.15) is 0 Å². The van der Waals surface area contributed by atoms with Crippen molar-refractivity contribution in [3.8, 4) is 0 Å². The monoisotopic (exact) mass is 366 g/mol. The van der Waals surface area contributed by atoms with Gasteiger partial charge in [0, 0.05) is 36.1 Å². The van der Waals surface area contributed by atoms with Gasteiger partial charge in [-0.05, 0) is 75.2 Å². The number of amides is 1. The van der Waals surface area contributed by atoms with E-state index in [0.717, 1.165) is 29.9 Å². The maximum atomic E-state index is 13.0. The van der Waals surface area contributed by atoms with E-state index < -0.39 is 0 Å². The van der Waals surface area contributed by atoms with E-state index in [-0.39, 0.29) is 11.9 Å². The number of hydrogen-bond donors (Lipinski definition) is 0. The number of esters is 1. The molecule has 0 bridgehead atoms. The molecule has 0 fully saturated rings. The van der Waals surface area contributed by atoms with Crippen molar-refractivity contribution in [1.29, 1.82) is 0 Å².